The lowest BCUT2D eigenvalue weighted by Gasteiger charge is -2.39. The molecule has 1 unspecified atom stereocenters. The van der Waals surface area contributed by atoms with Gasteiger partial charge in [0, 0.05) is 17.0 Å². The summed E-state index contributed by atoms with van der Waals surface area (Å²) in [6, 6.07) is 12.1. The Bertz CT molecular complexity index is 843. The molecule has 0 saturated carbocycles. The van der Waals surface area contributed by atoms with Crippen LogP contribution < -0.4 is 4.90 Å². The van der Waals surface area contributed by atoms with Crippen molar-refractivity contribution in [2.75, 3.05) is 4.90 Å². The quantitative estimate of drug-likeness (QED) is 0.736. The van der Waals surface area contributed by atoms with E-state index in [0.29, 0.717) is 11.4 Å². The zero-order valence-electron chi connectivity index (χ0n) is 12.6. The Kier molecular flexibility index (Phi) is 3.10. The van der Waals surface area contributed by atoms with Crippen LogP contribution >= 0.6 is 11.6 Å². The van der Waals surface area contributed by atoms with E-state index in [1.807, 2.05) is 24.3 Å². The van der Waals surface area contributed by atoms with Crippen LogP contribution in [0.2, 0.25) is 5.02 Å². The first-order chi connectivity index (χ1) is 11.0. The van der Waals surface area contributed by atoms with Crippen molar-refractivity contribution >= 4 is 28.8 Å². The van der Waals surface area contributed by atoms with Gasteiger partial charge in [-0.2, -0.15) is 0 Å². The summed E-state index contributed by atoms with van der Waals surface area (Å²) in [5.74, 6) is -0.217. The van der Waals surface area contributed by atoms with Crippen LogP contribution in [0.15, 0.2) is 48.5 Å². The minimum Gasteiger partial charge on any atom is -0.302 e. The van der Waals surface area contributed by atoms with E-state index in [9.17, 15) is 9.18 Å². The van der Waals surface area contributed by atoms with E-state index in [-0.39, 0.29) is 17.3 Å². The van der Waals surface area contributed by atoms with Crippen molar-refractivity contribution in [1.29, 1.82) is 0 Å². The van der Waals surface area contributed by atoms with Gasteiger partial charge in [0.15, 0.2) is 0 Å². The van der Waals surface area contributed by atoms with E-state index >= 15 is 0 Å². The SMILES string of the molecule is CC12C=C(c3ccc(Cl)cc3)c3cc(F)ccc3N1C(=O)CC2. The van der Waals surface area contributed by atoms with Gasteiger partial charge in [-0.3, -0.25) is 4.79 Å². The van der Waals surface area contributed by atoms with Crippen LogP contribution in [0.5, 0.6) is 0 Å². The Morgan fingerprint density at radius 1 is 1.17 bits per heavy atom. The van der Waals surface area contributed by atoms with Crippen molar-refractivity contribution < 1.29 is 9.18 Å². The molecule has 1 atom stereocenters. The van der Waals surface area contributed by atoms with Crippen molar-refractivity contribution in [2.45, 2.75) is 25.3 Å². The Balaban J connectivity index is 1.97. The summed E-state index contributed by atoms with van der Waals surface area (Å²) in [6.45, 7) is 2.06. The molecule has 0 spiro atoms. The van der Waals surface area contributed by atoms with Gasteiger partial charge in [-0.25, -0.2) is 4.39 Å². The molecule has 1 amide bonds. The first-order valence-corrected chi connectivity index (χ1v) is 7.97. The number of hydrogen-bond donors (Lipinski definition) is 0. The Labute approximate surface area is 139 Å². The maximum absolute atomic E-state index is 13.8. The zero-order chi connectivity index (χ0) is 16.2. The van der Waals surface area contributed by atoms with Gasteiger partial charge in [0.1, 0.15) is 5.82 Å². The second-order valence-electron chi connectivity index (χ2n) is 6.31. The second-order valence-corrected chi connectivity index (χ2v) is 6.75. The Morgan fingerprint density at radius 2 is 1.91 bits per heavy atom. The van der Waals surface area contributed by atoms with Gasteiger partial charge in [0.2, 0.25) is 5.91 Å². The maximum Gasteiger partial charge on any atom is 0.227 e. The fraction of sp³-hybridized carbons (Fsp3) is 0.211. The summed E-state index contributed by atoms with van der Waals surface area (Å²) >= 11 is 5.98. The van der Waals surface area contributed by atoms with Crippen LogP contribution in [0.3, 0.4) is 0 Å². The molecule has 2 aromatic rings. The van der Waals surface area contributed by atoms with Crippen LogP contribution in [0.25, 0.3) is 5.57 Å². The van der Waals surface area contributed by atoms with Crippen molar-refractivity contribution in [2.24, 2.45) is 0 Å². The van der Waals surface area contributed by atoms with E-state index < -0.39 is 0 Å². The average molecular weight is 328 g/mol. The van der Waals surface area contributed by atoms with Gasteiger partial charge < -0.3 is 4.90 Å². The highest BCUT2D eigenvalue weighted by Crippen LogP contribution is 2.47. The minimum atomic E-state index is -0.364. The number of halogens is 2. The van der Waals surface area contributed by atoms with Gasteiger partial charge in [-0.1, -0.05) is 29.8 Å². The van der Waals surface area contributed by atoms with Crippen molar-refractivity contribution in [3.05, 3.63) is 70.5 Å². The average Bonchev–Trinajstić information content (AvgIpc) is 2.83. The highest BCUT2D eigenvalue weighted by atomic mass is 35.5. The largest absolute Gasteiger partial charge is 0.302 e. The number of anilines is 1. The fourth-order valence-corrected chi connectivity index (χ4v) is 3.72. The standard InChI is InChI=1S/C19H15ClFNO/c1-19-9-8-18(23)22(19)17-7-6-14(21)10-15(17)16(11-19)12-2-4-13(20)5-3-12/h2-7,10-11H,8-9H2,1H3. The number of amides is 1. The topological polar surface area (TPSA) is 20.3 Å². The number of carbonyl (C=O) groups excluding carboxylic acids is 1. The maximum atomic E-state index is 13.8. The van der Waals surface area contributed by atoms with Crippen LogP contribution in [0, 0.1) is 5.82 Å². The number of carbonyl (C=O) groups is 1. The number of nitrogens with zero attached hydrogens (tertiary/aromatic N) is 1. The first-order valence-electron chi connectivity index (χ1n) is 7.60. The molecular formula is C19H15ClFNO. The molecule has 4 rings (SSSR count). The lowest BCUT2D eigenvalue weighted by Crippen LogP contribution is -2.44. The molecule has 0 bridgehead atoms. The van der Waals surface area contributed by atoms with Crippen molar-refractivity contribution in [1.82, 2.24) is 0 Å². The van der Waals surface area contributed by atoms with E-state index in [4.69, 9.17) is 11.6 Å². The van der Waals surface area contributed by atoms with Gasteiger partial charge in [0.05, 0.1) is 11.2 Å². The molecule has 116 valence electrons. The minimum absolute atomic E-state index is 0.0896. The van der Waals surface area contributed by atoms with Crippen LogP contribution in [0.4, 0.5) is 10.1 Å². The molecule has 1 saturated heterocycles. The third kappa shape index (κ3) is 2.19. The van der Waals surface area contributed by atoms with Crippen LogP contribution in [-0.4, -0.2) is 11.4 Å². The van der Waals surface area contributed by atoms with Gasteiger partial charge in [-0.15, -0.1) is 0 Å². The molecule has 0 radical (unpaired) electrons. The lowest BCUT2D eigenvalue weighted by molar-refractivity contribution is -0.117. The van der Waals surface area contributed by atoms with E-state index in [1.54, 1.807) is 11.0 Å². The molecule has 2 heterocycles. The number of fused-ring (bicyclic) bond motifs is 3. The molecule has 2 aliphatic rings. The summed E-state index contributed by atoms with van der Waals surface area (Å²) in [4.78, 5) is 14.1. The normalized spacial score (nSPS) is 22.7. The van der Waals surface area contributed by atoms with Gasteiger partial charge >= 0.3 is 0 Å². The highest BCUT2D eigenvalue weighted by Gasteiger charge is 2.44. The molecule has 1 fully saturated rings. The molecular weight excluding hydrogens is 313 g/mol. The van der Waals surface area contributed by atoms with E-state index in [0.717, 1.165) is 28.8 Å². The van der Waals surface area contributed by atoms with Gasteiger partial charge in [0.25, 0.3) is 0 Å². The number of benzene rings is 2. The van der Waals surface area contributed by atoms with Crippen LogP contribution in [0.1, 0.15) is 30.9 Å². The monoisotopic (exact) mass is 327 g/mol. The van der Waals surface area contributed by atoms with Gasteiger partial charge in [-0.05, 0) is 54.8 Å². The molecule has 23 heavy (non-hydrogen) atoms. The smallest absolute Gasteiger partial charge is 0.227 e. The van der Waals surface area contributed by atoms with E-state index in [2.05, 4.69) is 13.0 Å². The molecule has 0 N–H and O–H groups in total. The summed E-state index contributed by atoms with van der Waals surface area (Å²) in [6.07, 6.45) is 3.36. The second kappa shape index (κ2) is 4.93. The van der Waals surface area contributed by atoms with Crippen molar-refractivity contribution in [3.63, 3.8) is 0 Å². The third-order valence-electron chi connectivity index (χ3n) is 4.71. The third-order valence-corrected chi connectivity index (χ3v) is 4.96. The highest BCUT2D eigenvalue weighted by molar-refractivity contribution is 6.30. The molecule has 2 nitrogen and oxygen atoms in total. The first kappa shape index (κ1) is 14.5. The summed E-state index contributed by atoms with van der Waals surface area (Å²) < 4.78 is 13.8. The number of rotatable bonds is 1. The fourth-order valence-electron chi connectivity index (χ4n) is 3.59. The van der Waals surface area contributed by atoms with E-state index in [1.165, 1.54) is 12.1 Å². The molecule has 2 aromatic carbocycles. The van der Waals surface area contributed by atoms with Crippen LogP contribution in [-0.2, 0) is 4.79 Å². The Morgan fingerprint density at radius 3 is 2.65 bits per heavy atom. The lowest BCUT2D eigenvalue weighted by atomic mass is 9.84. The molecule has 0 aromatic heterocycles. The Hall–Kier alpha value is -2.13. The summed E-state index contributed by atoms with van der Waals surface area (Å²) in [5, 5.41) is 0.661. The molecule has 4 heteroatoms. The molecule has 0 aliphatic carbocycles. The predicted molar refractivity (Wildman–Crippen MR) is 90.1 cm³/mol. The van der Waals surface area contributed by atoms with Crippen molar-refractivity contribution in [3.8, 4) is 0 Å². The molecule has 2 aliphatic heterocycles. The predicted octanol–water partition coefficient (Wildman–Crippen LogP) is 4.81. The summed E-state index contributed by atoms with van der Waals surface area (Å²) in [7, 11) is 0. The summed E-state index contributed by atoms with van der Waals surface area (Å²) in [5.41, 5.74) is 3.09. The number of hydrogen-bond acceptors (Lipinski definition) is 1. The zero-order valence-corrected chi connectivity index (χ0v) is 13.4.